The van der Waals surface area contributed by atoms with Gasteiger partial charge in [-0.05, 0) is 34.4 Å². The Bertz CT molecular complexity index is 963. The van der Waals surface area contributed by atoms with Gasteiger partial charge in [-0.25, -0.2) is 19.9 Å². The van der Waals surface area contributed by atoms with Crippen LogP contribution in [-0.4, -0.2) is 19.9 Å². The van der Waals surface area contributed by atoms with Crippen molar-refractivity contribution in [3.63, 3.8) is 0 Å². The van der Waals surface area contributed by atoms with Crippen LogP contribution >= 0.6 is 0 Å². The Balaban J connectivity index is 1.77. The second kappa shape index (κ2) is 6.15. The van der Waals surface area contributed by atoms with Gasteiger partial charge in [-0.1, -0.05) is 48.5 Å². The van der Waals surface area contributed by atoms with Crippen molar-refractivity contribution in [3.05, 3.63) is 108 Å². The summed E-state index contributed by atoms with van der Waals surface area (Å²) in [4.78, 5) is 17.3. The predicted octanol–water partition coefficient (Wildman–Crippen LogP) is 4.21. The van der Waals surface area contributed by atoms with Gasteiger partial charge >= 0.3 is 0 Å². The molecule has 124 valence electrons. The van der Waals surface area contributed by atoms with Crippen LogP contribution in [0.1, 0.15) is 34.4 Å². The van der Waals surface area contributed by atoms with Crippen LogP contribution in [0.3, 0.4) is 0 Å². The van der Waals surface area contributed by atoms with Gasteiger partial charge < -0.3 is 0 Å². The summed E-state index contributed by atoms with van der Waals surface area (Å²) in [6.45, 7) is 0. The van der Waals surface area contributed by atoms with Crippen LogP contribution in [-0.2, 0) is 0 Å². The molecule has 0 N–H and O–H groups in total. The molecule has 0 aliphatic heterocycles. The van der Waals surface area contributed by atoms with Crippen LogP contribution in [0.5, 0.6) is 0 Å². The summed E-state index contributed by atoms with van der Waals surface area (Å²) in [5.41, 5.74) is 7.15. The fourth-order valence-electron chi connectivity index (χ4n) is 4.02. The molecule has 26 heavy (non-hydrogen) atoms. The molecule has 1 aliphatic carbocycles. The van der Waals surface area contributed by atoms with Crippen molar-refractivity contribution in [1.29, 1.82) is 0 Å². The Morgan fingerprint density at radius 1 is 0.615 bits per heavy atom. The summed E-state index contributed by atoms with van der Waals surface area (Å²) in [7, 11) is 0. The van der Waals surface area contributed by atoms with Crippen LogP contribution < -0.4 is 0 Å². The molecule has 0 saturated carbocycles. The lowest BCUT2D eigenvalue weighted by atomic mass is 9.80. The highest BCUT2D eigenvalue weighted by atomic mass is 14.9. The lowest BCUT2D eigenvalue weighted by molar-refractivity contribution is 0.663. The summed E-state index contributed by atoms with van der Waals surface area (Å²) < 4.78 is 0. The number of aromatic nitrogens is 4. The van der Waals surface area contributed by atoms with Crippen molar-refractivity contribution >= 4 is 0 Å². The van der Waals surface area contributed by atoms with Crippen LogP contribution in [0, 0.1) is 0 Å². The van der Waals surface area contributed by atoms with Crippen molar-refractivity contribution < 1.29 is 0 Å². The second-order valence-electron chi connectivity index (χ2n) is 6.40. The molecular formula is C22H16N4. The van der Waals surface area contributed by atoms with Crippen LogP contribution in [0.15, 0.2) is 85.7 Å². The average molecular weight is 336 g/mol. The average Bonchev–Trinajstić information content (AvgIpc) is 3.05. The van der Waals surface area contributed by atoms with E-state index in [-0.39, 0.29) is 11.8 Å². The van der Waals surface area contributed by atoms with Gasteiger partial charge in [0.05, 0.1) is 17.3 Å². The molecule has 0 radical (unpaired) electrons. The van der Waals surface area contributed by atoms with Gasteiger partial charge in [0.25, 0.3) is 0 Å². The Kier molecular flexibility index (Phi) is 3.53. The summed E-state index contributed by atoms with van der Waals surface area (Å²) in [5, 5.41) is 0. The number of hydrogen-bond donors (Lipinski definition) is 0. The summed E-state index contributed by atoms with van der Waals surface area (Å²) in [6.07, 6.45) is 6.80. The van der Waals surface area contributed by atoms with E-state index in [1.165, 1.54) is 22.3 Å². The van der Waals surface area contributed by atoms with Gasteiger partial charge in [-0.3, -0.25) is 0 Å². The molecule has 0 spiro atoms. The number of rotatable bonds is 3. The van der Waals surface area contributed by atoms with Crippen molar-refractivity contribution in [2.24, 2.45) is 0 Å². The van der Waals surface area contributed by atoms with E-state index < -0.39 is 0 Å². The summed E-state index contributed by atoms with van der Waals surface area (Å²) in [5.74, 6) is 0.165. The normalized spacial score (nSPS) is 12.8. The zero-order chi connectivity index (χ0) is 17.3. The lowest BCUT2D eigenvalue weighted by Crippen LogP contribution is -2.15. The third-order valence-corrected chi connectivity index (χ3v) is 5.06. The molecule has 0 unspecified atom stereocenters. The van der Waals surface area contributed by atoms with E-state index in [1.54, 1.807) is 25.0 Å². The van der Waals surface area contributed by atoms with Gasteiger partial charge in [0, 0.05) is 18.3 Å². The fraction of sp³-hybridized carbons (Fsp3) is 0.0909. The topological polar surface area (TPSA) is 51.6 Å². The SMILES string of the molecule is c1ccc2c(c1)-c1ccccc1C2C(c1ccncn1)c1ccncn1. The zero-order valence-electron chi connectivity index (χ0n) is 14.0. The smallest absolute Gasteiger partial charge is 0.115 e. The molecule has 2 aromatic heterocycles. The fourth-order valence-corrected chi connectivity index (χ4v) is 4.02. The maximum Gasteiger partial charge on any atom is 0.115 e. The number of hydrogen-bond acceptors (Lipinski definition) is 4. The Hall–Kier alpha value is -3.40. The molecular weight excluding hydrogens is 320 g/mol. The van der Waals surface area contributed by atoms with Gasteiger partial charge in [0.2, 0.25) is 0 Å². The highest BCUT2D eigenvalue weighted by Crippen LogP contribution is 2.52. The Morgan fingerprint density at radius 3 is 1.58 bits per heavy atom. The molecule has 0 amide bonds. The second-order valence-corrected chi connectivity index (χ2v) is 6.40. The monoisotopic (exact) mass is 336 g/mol. The van der Waals surface area contributed by atoms with Crippen LogP contribution in [0.4, 0.5) is 0 Å². The first-order valence-electron chi connectivity index (χ1n) is 8.63. The highest BCUT2D eigenvalue weighted by molar-refractivity contribution is 5.79. The van der Waals surface area contributed by atoms with Gasteiger partial charge in [0.1, 0.15) is 12.7 Å². The molecule has 0 atom stereocenters. The molecule has 0 fully saturated rings. The molecule has 4 nitrogen and oxygen atoms in total. The van der Waals surface area contributed by atoms with Gasteiger partial charge in [0.15, 0.2) is 0 Å². The van der Waals surface area contributed by atoms with Crippen molar-refractivity contribution in [1.82, 2.24) is 19.9 Å². The van der Waals surface area contributed by atoms with Crippen LogP contribution in [0.25, 0.3) is 11.1 Å². The zero-order valence-corrected chi connectivity index (χ0v) is 14.0. The maximum absolute atomic E-state index is 4.57. The Morgan fingerprint density at radius 2 is 1.12 bits per heavy atom. The van der Waals surface area contributed by atoms with E-state index in [4.69, 9.17) is 0 Å². The molecule has 0 saturated heterocycles. The minimum absolute atomic E-state index is 0.00537. The molecule has 2 heterocycles. The van der Waals surface area contributed by atoms with E-state index in [0.717, 1.165) is 11.4 Å². The van der Waals surface area contributed by atoms with Crippen molar-refractivity contribution in [2.75, 3.05) is 0 Å². The van der Waals surface area contributed by atoms with E-state index in [0.29, 0.717) is 0 Å². The van der Waals surface area contributed by atoms with E-state index in [2.05, 4.69) is 68.5 Å². The van der Waals surface area contributed by atoms with Gasteiger partial charge in [-0.2, -0.15) is 0 Å². The largest absolute Gasteiger partial charge is 0.245 e. The maximum atomic E-state index is 4.57. The first kappa shape index (κ1) is 14.9. The number of nitrogens with zero attached hydrogens (tertiary/aromatic N) is 4. The van der Waals surface area contributed by atoms with Crippen molar-refractivity contribution in [3.8, 4) is 11.1 Å². The standard InChI is InChI=1S/C22H16N4/c1-3-7-17-15(5-1)16-6-2-4-8-18(16)21(17)22(19-9-11-23-13-25-19)20-10-12-24-14-26-20/h1-14,21-22H. The third kappa shape index (κ3) is 2.30. The molecule has 0 bridgehead atoms. The minimum Gasteiger partial charge on any atom is -0.245 e. The minimum atomic E-state index is 0.00537. The highest BCUT2D eigenvalue weighted by Gasteiger charge is 2.37. The first-order valence-corrected chi connectivity index (χ1v) is 8.63. The number of fused-ring (bicyclic) bond motifs is 3. The molecule has 4 heteroatoms. The van der Waals surface area contributed by atoms with E-state index in [1.807, 2.05) is 12.1 Å². The third-order valence-electron chi connectivity index (χ3n) is 5.06. The number of benzene rings is 2. The molecule has 5 rings (SSSR count). The lowest BCUT2D eigenvalue weighted by Gasteiger charge is -2.24. The quantitative estimate of drug-likeness (QED) is 0.562. The van der Waals surface area contributed by atoms with Gasteiger partial charge in [-0.15, -0.1) is 0 Å². The summed E-state index contributed by atoms with van der Waals surface area (Å²) in [6, 6.07) is 21.2. The van der Waals surface area contributed by atoms with E-state index >= 15 is 0 Å². The van der Waals surface area contributed by atoms with Crippen LogP contribution in [0.2, 0.25) is 0 Å². The van der Waals surface area contributed by atoms with E-state index in [9.17, 15) is 0 Å². The Labute approximate surface area is 151 Å². The summed E-state index contributed by atoms with van der Waals surface area (Å²) >= 11 is 0. The molecule has 1 aliphatic rings. The molecule has 4 aromatic rings. The predicted molar refractivity (Wildman–Crippen MR) is 99.6 cm³/mol. The molecule has 2 aromatic carbocycles. The van der Waals surface area contributed by atoms with Crippen molar-refractivity contribution in [2.45, 2.75) is 11.8 Å². The first-order chi connectivity index (χ1) is 12.9.